The zero-order valence-corrected chi connectivity index (χ0v) is 9.17. The monoisotopic (exact) mass is 369 g/mol. The van der Waals surface area contributed by atoms with Crippen LogP contribution in [0.15, 0.2) is 0 Å². The summed E-state index contributed by atoms with van der Waals surface area (Å²) in [6.45, 7) is 0. The molecule has 0 rings (SSSR count). The van der Waals surface area contributed by atoms with Gasteiger partial charge in [-0.3, -0.25) is 0 Å². The zero-order chi connectivity index (χ0) is 18.6. The molecule has 0 spiro atoms. The molecule has 0 heterocycles. The molecule has 0 saturated heterocycles. The summed E-state index contributed by atoms with van der Waals surface area (Å²) in [5.74, 6) is -5.67. The highest BCUT2D eigenvalue weighted by atomic mass is 19.4. The Hall–Kier alpha value is -1.05. The molecule has 0 radical (unpaired) electrons. The van der Waals surface area contributed by atoms with E-state index in [4.69, 9.17) is 0 Å². The van der Waals surface area contributed by atoms with Crippen molar-refractivity contribution >= 4 is 0 Å². The fourth-order valence-corrected chi connectivity index (χ4v) is 1.49. The van der Waals surface area contributed by atoms with E-state index >= 15 is 0 Å². The highest BCUT2D eigenvalue weighted by molar-refractivity contribution is 5.25. The standard InChI is InChI=1S/C7F15/c8-3(9,10)1(4(11,12)13)2(5(14,15)16,6(17,18)19)7(20,21)22/q-1. The number of hydrogen-bond donors (Lipinski definition) is 0. The van der Waals surface area contributed by atoms with Crippen molar-refractivity contribution in [2.45, 2.75) is 30.9 Å². The van der Waals surface area contributed by atoms with Crippen molar-refractivity contribution in [2.75, 3.05) is 0 Å². The summed E-state index contributed by atoms with van der Waals surface area (Å²) < 4.78 is 182. The van der Waals surface area contributed by atoms with Crippen LogP contribution in [-0.2, 0) is 0 Å². The Morgan fingerprint density at radius 3 is 0.591 bits per heavy atom. The molecule has 0 bridgehead atoms. The number of rotatable bonds is 1. The second-order valence-corrected chi connectivity index (χ2v) is 3.61. The molecule has 0 nitrogen and oxygen atoms in total. The molecule has 0 aromatic carbocycles. The topological polar surface area (TPSA) is 0 Å². The molecular weight excluding hydrogens is 369 g/mol. The predicted octanol–water partition coefficient (Wildman–Crippen LogP) is 5.36. The van der Waals surface area contributed by atoms with Crippen LogP contribution < -0.4 is 0 Å². The van der Waals surface area contributed by atoms with Crippen LogP contribution in [-0.4, -0.2) is 30.9 Å². The first kappa shape index (κ1) is 20.9. The molecule has 0 unspecified atom stereocenters. The lowest BCUT2D eigenvalue weighted by Crippen LogP contribution is -2.68. The molecule has 0 N–H and O–H groups in total. The Morgan fingerprint density at radius 2 is 0.545 bits per heavy atom. The predicted molar refractivity (Wildman–Crippen MR) is 36.0 cm³/mol. The summed E-state index contributed by atoms with van der Waals surface area (Å²) in [7, 11) is 0. The second kappa shape index (κ2) is 4.97. The smallest absolute Gasteiger partial charge is 0.206 e. The van der Waals surface area contributed by atoms with E-state index in [1.165, 1.54) is 0 Å². The van der Waals surface area contributed by atoms with Gasteiger partial charge in [-0.25, -0.2) is 26.3 Å². The lowest BCUT2D eigenvalue weighted by Gasteiger charge is -2.53. The van der Waals surface area contributed by atoms with Gasteiger partial charge in [0.15, 0.2) is 5.41 Å². The van der Waals surface area contributed by atoms with E-state index in [-0.39, 0.29) is 0 Å². The molecule has 0 aromatic rings. The lowest BCUT2D eigenvalue weighted by molar-refractivity contribution is -0.445. The average molecular weight is 369 g/mol. The molecule has 0 aliphatic rings. The van der Waals surface area contributed by atoms with Crippen LogP contribution >= 0.6 is 0 Å². The fraction of sp³-hybridized carbons (Fsp3) is 0.857. The SMILES string of the molecule is FC(F)(F)[C-](C(F)(F)F)C(C(F)(F)F)(C(F)(F)F)C(F)(F)F. The highest BCUT2D eigenvalue weighted by Gasteiger charge is 2.84. The number of hydrogen-bond acceptors (Lipinski definition) is 0. The first-order valence-electron chi connectivity index (χ1n) is 4.33. The maximum Gasteiger partial charge on any atom is 0.386 e. The van der Waals surface area contributed by atoms with E-state index in [1.807, 2.05) is 0 Å². The fourth-order valence-electron chi connectivity index (χ4n) is 1.49. The largest absolute Gasteiger partial charge is 0.386 e. The van der Waals surface area contributed by atoms with Crippen molar-refractivity contribution < 1.29 is 65.9 Å². The molecule has 0 atom stereocenters. The molecule has 0 aliphatic carbocycles. The van der Waals surface area contributed by atoms with E-state index in [1.54, 1.807) is 0 Å². The average Bonchev–Trinajstić information content (AvgIpc) is 2.02. The van der Waals surface area contributed by atoms with Gasteiger partial charge in [-0.1, -0.05) is 5.92 Å². The number of halogens is 15. The third kappa shape index (κ3) is 3.16. The van der Waals surface area contributed by atoms with E-state index in [2.05, 4.69) is 0 Å². The van der Waals surface area contributed by atoms with Crippen molar-refractivity contribution in [2.24, 2.45) is 5.41 Å². The van der Waals surface area contributed by atoms with Crippen LogP contribution in [0.3, 0.4) is 0 Å². The summed E-state index contributed by atoms with van der Waals surface area (Å²) in [6.07, 6.45) is -39.3. The molecule has 15 heteroatoms. The maximum atomic E-state index is 12.2. The van der Waals surface area contributed by atoms with Gasteiger partial charge in [0.05, 0.1) is 0 Å². The summed E-state index contributed by atoms with van der Waals surface area (Å²) in [4.78, 5) is 0. The molecular formula is C7F15-. The Labute approximate surface area is 109 Å². The van der Waals surface area contributed by atoms with Gasteiger partial charge >= 0.3 is 18.5 Å². The molecule has 0 aliphatic heterocycles. The molecule has 0 saturated carbocycles. The Bertz CT molecular complexity index is 333. The van der Waals surface area contributed by atoms with Crippen molar-refractivity contribution in [3.05, 3.63) is 5.92 Å². The van der Waals surface area contributed by atoms with Gasteiger partial charge in [0.1, 0.15) is 0 Å². The third-order valence-corrected chi connectivity index (χ3v) is 2.22. The van der Waals surface area contributed by atoms with Gasteiger partial charge in [-0.15, -0.1) is 0 Å². The Kier molecular flexibility index (Phi) is 4.74. The maximum absolute atomic E-state index is 12.2. The first-order chi connectivity index (χ1) is 9.12. The van der Waals surface area contributed by atoms with Crippen LogP contribution in [0, 0.1) is 11.3 Å². The quantitative estimate of drug-likeness (QED) is 0.431. The van der Waals surface area contributed by atoms with Gasteiger partial charge in [-0.2, -0.15) is 39.5 Å². The van der Waals surface area contributed by atoms with Gasteiger partial charge in [0.25, 0.3) is 12.4 Å². The van der Waals surface area contributed by atoms with Crippen molar-refractivity contribution in [3.63, 3.8) is 0 Å². The van der Waals surface area contributed by atoms with Crippen LogP contribution in [0.2, 0.25) is 0 Å². The summed E-state index contributed by atoms with van der Waals surface area (Å²) >= 11 is 0. The van der Waals surface area contributed by atoms with E-state index < -0.39 is 42.2 Å². The molecule has 0 amide bonds. The van der Waals surface area contributed by atoms with Crippen LogP contribution in [0.5, 0.6) is 0 Å². The van der Waals surface area contributed by atoms with Gasteiger partial charge < -0.3 is 0 Å². The first-order valence-corrected chi connectivity index (χ1v) is 4.33. The lowest BCUT2D eigenvalue weighted by atomic mass is 9.71. The van der Waals surface area contributed by atoms with Crippen molar-refractivity contribution in [1.29, 1.82) is 0 Å². The summed E-state index contributed by atoms with van der Waals surface area (Å²) in [6, 6.07) is 0. The Morgan fingerprint density at radius 1 is 0.364 bits per heavy atom. The molecule has 0 fully saturated rings. The van der Waals surface area contributed by atoms with Crippen LogP contribution in [0.1, 0.15) is 0 Å². The van der Waals surface area contributed by atoms with Gasteiger partial charge in [0, 0.05) is 0 Å². The number of alkyl halides is 15. The molecule has 134 valence electrons. The summed E-state index contributed by atoms with van der Waals surface area (Å²) in [5.41, 5.74) is -8.14. The van der Waals surface area contributed by atoms with Crippen LogP contribution in [0.4, 0.5) is 65.9 Å². The van der Waals surface area contributed by atoms with Gasteiger partial charge in [0.2, 0.25) is 0 Å². The minimum Gasteiger partial charge on any atom is -0.206 e. The third-order valence-electron chi connectivity index (χ3n) is 2.22. The van der Waals surface area contributed by atoms with E-state index in [0.717, 1.165) is 0 Å². The highest BCUT2D eigenvalue weighted by Crippen LogP contribution is 2.69. The minimum atomic E-state index is -8.14. The van der Waals surface area contributed by atoms with E-state index in [0.29, 0.717) is 0 Å². The minimum absolute atomic E-state index is 5.67. The molecule has 0 aromatic heterocycles. The van der Waals surface area contributed by atoms with Crippen LogP contribution in [0.25, 0.3) is 0 Å². The zero-order valence-electron chi connectivity index (χ0n) is 9.17. The normalized spacial score (nSPS) is 16.4. The second-order valence-electron chi connectivity index (χ2n) is 3.61. The van der Waals surface area contributed by atoms with Crippen molar-refractivity contribution in [1.82, 2.24) is 0 Å². The van der Waals surface area contributed by atoms with Gasteiger partial charge in [-0.05, 0) is 0 Å². The Balaban J connectivity index is 7.05. The van der Waals surface area contributed by atoms with E-state index in [9.17, 15) is 65.9 Å². The molecule has 22 heavy (non-hydrogen) atoms. The summed E-state index contributed by atoms with van der Waals surface area (Å²) in [5, 5.41) is 0. The van der Waals surface area contributed by atoms with Crippen molar-refractivity contribution in [3.8, 4) is 0 Å².